The summed E-state index contributed by atoms with van der Waals surface area (Å²) in [4.78, 5) is 6.77. The molecule has 0 bridgehead atoms. The van der Waals surface area contributed by atoms with Crippen molar-refractivity contribution in [3.63, 3.8) is 0 Å². The summed E-state index contributed by atoms with van der Waals surface area (Å²) in [5, 5.41) is 8.14. The molecule has 1 saturated heterocycles. The van der Waals surface area contributed by atoms with Crippen molar-refractivity contribution in [2.45, 2.75) is 19.5 Å². The molecule has 1 aliphatic rings. The van der Waals surface area contributed by atoms with Crippen LogP contribution >= 0.6 is 24.0 Å². The zero-order valence-electron chi connectivity index (χ0n) is 11.8. The lowest BCUT2D eigenvalue weighted by Gasteiger charge is -2.30. The predicted octanol–water partition coefficient (Wildman–Crippen LogP) is 2.61. The second-order valence-corrected chi connectivity index (χ2v) is 5.55. The maximum atomic E-state index is 5.87. The van der Waals surface area contributed by atoms with Gasteiger partial charge in [0.1, 0.15) is 0 Å². The summed E-state index contributed by atoms with van der Waals surface area (Å²) in [7, 11) is 0. The molecule has 7 heteroatoms. The SMILES string of the molecule is CC1CN(Cc2nc(-c3ccc(Cl)cc3)no2)CCN1.Cl. The molecular formula is C14H18Cl2N4O. The number of rotatable bonds is 3. The van der Waals surface area contributed by atoms with Gasteiger partial charge in [-0.1, -0.05) is 16.8 Å². The first-order valence-corrected chi connectivity index (χ1v) is 7.13. The van der Waals surface area contributed by atoms with Gasteiger partial charge in [-0.15, -0.1) is 12.4 Å². The molecule has 1 aliphatic heterocycles. The number of nitrogens with one attached hydrogen (secondary N) is 1. The van der Waals surface area contributed by atoms with E-state index in [0.29, 0.717) is 29.3 Å². The van der Waals surface area contributed by atoms with Gasteiger partial charge in [0.2, 0.25) is 11.7 Å². The monoisotopic (exact) mass is 328 g/mol. The lowest BCUT2D eigenvalue weighted by atomic mass is 10.2. The van der Waals surface area contributed by atoms with Gasteiger partial charge >= 0.3 is 0 Å². The number of piperazine rings is 1. The fourth-order valence-electron chi connectivity index (χ4n) is 2.38. The van der Waals surface area contributed by atoms with Crippen LogP contribution in [-0.2, 0) is 6.54 Å². The van der Waals surface area contributed by atoms with Crippen molar-refractivity contribution in [2.75, 3.05) is 19.6 Å². The third kappa shape index (κ3) is 4.17. The van der Waals surface area contributed by atoms with Gasteiger partial charge in [-0.25, -0.2) is 0 Å². The van der Waals surface area contributed by atoms with E-state index in [1.165, 1.54) is 0 Å². The topological polar surface area (TPSA) is 54.2 Å². The molecule has 2 heterocycles. The van der Waals surface area contributed by atoms with Crippen LogP contribution in [0.4, 0.5) is 0 Å². The molecule has 3 rings (SSSR count). The zero-order chi connectivity index (χ0) is 13.9. The Labute approximate surface area is 135 Å². The molecule has 0 spiro atoms. The van der Waals surface area contributed by atoms with Crippen LogP contribution in [0.15, 0.2) is 28.8 Å². The van der Waals surface area contributed by atoms with Crippen LogP contribution < -0.4 is 5.32 Å². The molecule has 1 aromatic carbocycles. The van der Waals surface area contributed by atoms with Gasteiger partial charge in [-0.2, -0.15) is 4.98 Å². The molecule has 1 N–H and O–H groups in total. The first kappa shape index (κ1) is 16.2. The van der Waals surface area contributed by atoms with E-state index in [1.54, 1.807) is 0 Å². The summed E-state index contributed by atoms with van der Waals surface area (Å²) in [5.74, 6) is 1.27. The molecular weight excluding hydrogens is 311 g/mol. The van der Waals surface area contributed by atoms with Gasteiger partial charge in [0.25, 0.3) is 0 Å². The second-order valence-electron chi connectivity index (χ2n) is 5.11. The summed E-state index contributed by atoms with van der Waals surface area (Å²) < 4.78 is 5.33. The van der Waals surface area contributed by atoms with E-state index in [-0.39, 0.29) is 12.4 Å². The number of aromatic nitrogens is 2. The number of benzene rings is 1. The van der Waals surface area contributed by atoms with E-state index >= 15 is 0 Å². The highest BCUT2D eigenvalue weighted by molar-refractivity contribution is 6.30. The molecule has 1 unspecified atom stereocenters. The van der Waals surface area contributed by atoms with Crippen molar-refractivity contribution in [1.29, 1.82) is 0 Å². The van der Waals surface area contributed by atoms with Crippen LogP contribution in [0, 0.1) is 0 Å². The van der Waals surface area contributed by atoms with Gasteiger partial charge in [-0.3, -0.25) is 4.90 Å². The van der Waals surface area contributed by atoms with Crippen molar-refractivity contribution in [3.8, 4) is 11.4 Å². The third-order valence-electron chi connectivity index (χ3n) is 3.38. The highest BCUT2D eigenvalue weighted by Crippen LogP contribution is 2.19. The fraction of sp³-hybridized carbons (Fsp3) is 0.429. The summed E-state index contributed by atoms with van der Waals surface area (Å²) in [6, 6.07) is 7.94. The molecule has 1 fully saturated rings. The maximum Gasteiger partial charge on any atom is 0.241 e. The summed E-state index contributed by atoms with van der Waals surface area (Å²) in [6.45, 7) is 5.88. The van der Waals surface area contributed by atoms with Crippen molar-refractivity contribution in [2.24, 2.45) is 0 Å². The molecule has 21 heavy (non-hydrogen) atoms. The Morgan fingerprint density at radius 1 is 1.38 bits per heavy atom. The summed E-state index contributed by atoms with van der Waals surface area (Å²) in [6.07, 6.45) is 0. The fourth-order valence-corrected chi connectivity index (χ4v) is 2.51. The molecule has 0 aliphatic carbocycles. The molecule has 5 nitrogen and oxygen atoms in total. The average molecular weight is 329 g/mol. The Morgan fingerprint density at radius 2 is 2.14 bits per heavy atom. The number of hydrogen-bond acceptors (Lipinski definition) is 5. The Balaban J connectivity index is 0.00000161. The summed E-state index contributed by atoms with van der Waals surface area (Å²) in [5.41, 5.74) is 0.915. The van der Waals surface area contributed by atoms with E-state index in [9.17, 15) is 0 Å². The van der Waals surface area contributed by atoms with Crippen LogP contribution in [0.1, 0.15) is 12.8 Å². The Morgan fingerprint density at radius 3 is 2.86 bits per heavy atom. The van der Waals surface area contributed by atoms with Crippen molar-refractivity contribution < 1.29 is 4.52 Å². The Bertz CT molecular complexity index is 573. The lowest BCUT2D eigenvalue weighted by molar-refractivity contribution is 0.177. The van der Waals surface area contributed by atoms with Gasteiger partial charge in [-0.05, 0) is 31.2 Å². The van der Waals surface area contributed by atoms with E-state index in [4.69, 9.17) is 16.1 Å². The number of halogens is 2. The molecule has 0 saturated carbocycles. The molecule has 0 amide bonds. The number of nitrogens with zero attached hydrogens (tertiary/aromatic N) is 3. The minimum absolute atomic E-state index is 0. The molecule has 114 valence electrons. The van der Waals surface area contributed by atoms with Crippen LogP contribution in [-0.4, -0.2) is 40.7 Å². The van der Waals surface area contributed by atoms with Gasteiger partial charge < -0.3 is 9.84 Å². The van der Waals surface area contributed by atoms with Crippen LogP contribution in [0.25, 0.3) is 11.4 Å². The van der Waals surface area contributed by atoms with Gasteiger partial charge in [0.15, 0.2) is 0 Å². The molecule has 1 atom stereocenters. The maximum absolute atomic E-state index is 5.87. The highest BCUT2D eigenvalue weighted by Gasteiger charge is 2.18. The third-order valence-corrected chi connectivity index (χ3v) is 3.63. The van der Waals surface area contributed by atoms with E-state index < -0.39 is 0 Å². The zero-order valence-corrected chi connectivity index (χ0v) is 13.3. The predicted molar refractivity (Wildman–Crippen MR) is 84.7 cm³/mol. The summed E-state index contributed by atoms with van der Waals surface area (Å²) >= 11 is 5.87. The molecule has 1 aromatic heterocycles. The van der Waals surface area contributed by atoms with Gasteiger partial charge in [0, 0.05) is 36.3 Å². The highest BCUT2D eigenvalue weighted by atomic mass is 35.5. The molecule has 0 radical (unpaired) electrons. The van der Waals surface area contributed by atoms with E-state index in [1.807, 2.05) is 24.3 Å². The van der Waals surface area contributed by atoms with Crippen LogP contribution in [0.5, 0.6) is 0 Å². The van der Waals surface area contributed by atoms with Crippen LogP contribution in [0.3, 0.4) is 0 Å². The first-order chi connectivity index (χ1) is 9.70. The Kier molecular flexibility index (Phi) is 5.58. The second kappa shape index (κ2) is 7.22. The van der Waals surface area contributed by atoms with E-state index in [0.717, 1.165) is 25.2 Å². The minimum atomic E-state index is 0. The standard InChI is InChI=1S/C14H17ClN4O.ClH/c1-10-8-19(7-6-16-10)9-13-17-14(18-20-13)11-2-4-12(15)5-3-11;/h2-5,10,16H,6-9H2,1H3;1H. The lowest BCUT2D eigenvalue weighted by Crippen LogP contribution is -2.48. The average Bonchev–Trinajstić information content (AvgIpc) is 2.88. The van der Waals surface area contributed by atoms with Gasteiger partial charge in [0.05, 0.1) is 6.54 Å². The quantitative estimate of drug-likeness (QED) is 0.938. The van der Waals surface area contributed by atoms with E-state index in [2.05, 4.69) is 27.3 Å². The molecule has 2 aromatic rings. The number of hydrogen-bond donors (Lipinski definition) is 1. The van der Waals surface area contributed by atoms with Crippen molar-refractivity contribution in [1.82, 2.24) is 20.4 Å². The largest absolute Gasteiger partial charge is 0.338 e. The normalized spacial score (nSPS) is 19.2. The first-order valence-electron chi connectivity index (χ1n) is 6.75. The smallest absolute Gasteiger partial charge is 0.241 e. The van der Waals surface area contributed by atoms with Crippen LogP contribution in [0.2, 0.25) is 5.02 Å². The Hall–Kier alpha value is -1.14. The van der Waals surface area contributed by atoms with Crippen molar-refractivity contribution in [3.05, 3.63) is 35.2 Å². The minimum Gasteiger partial charge on any atom is -0.338 e. The van der Waals surface area contributed by atoms with Crippen molar-refractivity contribution >= 4 is 24.0 Å².